The molecule has 2 aliphatic rings. The van der Waals surface area contributed by atoms with Gasteiger partial charge in [-0.15, -0.1) is 6.58 Å². The predicted octanol–water partition coefficient (Wildman–Crippen LogP) is 1.03. The highest BCUT2D eigenvalue weighted by atomic mass is 16.2. The highest BCUT2D eigenvalue weighted by Gasteiger charge is 2.30. The van der Waals surface area contributed by atoms with Crippen LogP contribution in [0.3, 0.4) is 0 Å². The van der Waals surface area contributed by atoms with Crippen molar-refractivity contribution < 1.29 is 9.59 Å². The van der Waals surface area contributed by atoms with E-state index in [1.54, 1.807) is 6.08 Å². The Labute approximate surface area is 123 Å². The van der Waals surface area contributed by atoms with Gasteiger partial charge in [0.15, 0.2) is 5.82 Å². The predicted molar refractivity (Wildman–Crippen MR) is 78.2 cm³/mol. The van der Waals surface area contributed by atoms with Crippen LogP contribution in [0.25, 0.3) is 0 Å². The minimum absolute atomic E-state index is 0.163. The molecule has 1 aliphatic carbocycles. The molecule has 2 heterocycles. The molecule has 0 aromatic carbocycles. The van der Waals surface area contributed by atoms with Crippen molar-refractivity contribution in [1.29, 1.82) is 0 Å². The largest absolute Gasteiger partial charge is 0.347 e. The first-order chi connectivity index (χ1) is 10.2. The third-order valence-corrected chi connectivity index (χ3v) is 3.86. The zero-order chi connectivity index (χ0) is 14.8. The highest BCUT2D eigenvalue weighted by Crippen LogP contribution is 2.23. The molecule has 2 N–H and O–H groups in total. The van der Waals surface area contributed by atoms with E-state index in [0.29, 0.717) is 18.1 Å². The van der Waals surface area contributed by atoms with E-state index in [-0.39, 0.29) is 17.9 Å². The molecule has 2 amide bonds. The SMILES string of the molecule is C=CCNC(=O)c1nc(C(=O)NC2CC2)n2c1CCCC2. The number of nitrogens with zero attached hydrogens (tertiary/aromatic N) is 2. The Balaban J connectivity index is 1.89. The lowest BCUT2D eigenvalue weighted by atomic mass is 10.1. The summed E-state index contributed by atoms with van der Waals surface area (Å²) in [6, 6.07) is 0.284. The monoisotopic (exact) mass is 288 g/mol. The first-order valence-electron chi connectivity index (χ1n) is 7.50. The summed E-state index contributed by atoms with van der Waals surface area (Å²) >= 11 is 0. The maximum absolute atomic E-state index is 12.3. The quantitative estimate of drug-likeness (QED) is 0.794. The number of hydrogen-bond donors (Lipinski definition) is 2. The van der Waals surface area contributed by atoms with Crippen LogP contribution in [0.2, 0.25) is 0 Å². The van der Waals surface area contributed by atoms with Gasteiger partial charge in [-0.2, -0.15) is 0 Å². The molecule has 0 bridgehead atoms. The van der Waals surface area contributed by atoms with Crippen LogP contribution >= 0.6 is 0 Å². The number of rotatable bonds is 5. The molecule has 21 heavy (non-hydrogen) atoms. The van der Waals surface area contributed by atoms with E-state index in [1.807, 2.05) is 4.57 Å². The van der Waals surface area contributed by atoms with Crippen LogP contribution in [-0.2, 0) is 13.0 Å². The van der Waals surface area contributed by atoms with Crippen molar-refractivity contribution in [2.45, 2.75) is 44.7 Å². The molecule has 3 rings (SSSR count). The number of imidazole rings is 1. The Kier molecular flexibility index (Phi) is 3.77. The van der Waals surface area contributed by atoms with Crippen molar-refractivity contribution in [3.63, 3.8) is 0 Å². The normalized spacial score (nSPS) is 17.0. The second kappa shape index (κ2) is 5.71. The molecule has 0 saturated heterocycles. The molecular weight excluding hydrogens is 268 g/mol. The molecular formula is C15H20N4O2. The van der Waals surface area contributed by atoms with Gasteiger partial charge in [0, 0.05) is 19.1 Å². The molecule has 0 radical (unpaired) electrons. The molecule has 0 atom stereocenters. The van der Waals surface area contributed by atoms with Crippen LogP contribution in [0.15, 0.2) is 12.7 Å². The summed E-state index contributed by atoms with van der Waals surface area (Å²) in [6.07, 6.45) is 6.53. The van der Waals surface area contributed by atoms with E-state index in [1.165, 1.54) is 0 Å². The van der Waals surface area contributed by atoms with E-state index in [2.05, 4.69) is 22.2 Å². The summed E-state index contributed by atoms with van der Waals surface area (Å²) in [6.45, 7) is 4.73. The average Bonchev–Trinajstić information content (AvgIpc) is 3.22. The fraction of sp³-hybridized carbons (Fsp3) is 0.533. The Morgan fingerprint density at radius 2 is 2.14 bits per heavy atom. The Bertz CT molecular complexity index is 587. The topological polar surface area (TPSA) is 76.0 Å². The summed E-state index contributed by atoms with van der Waals surface area (Å²) in [5, 5.41) is 5.69. The van der Waals surface area contributed by atoms with Crippen LogP contribution in [-0.4, -0.2) is 34.0 Å². The third-order valence-electron chi connectivity index (χ3n) is 3.86. The number of carbonyl (C=O) groups is 2. The van der Waals surface area contributed by atoms with E-state index in [0.717, 1.165) is 44.3 Å². The lowest BCUT2D eigenvalue weighted by Gasteiger charge is -2.16. The Morgan fingerprint density at radius 1 is 1.33 bits per heavy atom. The van der Waals surface area contributed by atoms with E-state index < -0.39 is 0 Å². The average molecular weight is 288 g/mol. The second-order valence-electron chi connectivity index (χ2n) is 5.59. The molecule has 1 aromatic rings. The molecule has 6 nitrogen and oxygen atoms in total. The summed E-state index contributed by atoms with van der Waals surface area (Å²) in [7, 11) is 0. The molecule has 1 saturated carbocycles. The number of nitrogens with one attached hydrogen (secondary N) is 2. The highest BCUT2D eigenvalue weighted by molar-refractivity contribution is 5.97. The standard InChI is InChI=1S/C15H20N4O2/c1-2-8-16-14(20)12-11-5-3-4-9-19(11)13(18-12)15(21)17-10-6-7-10/h2,10H,1,3-9H2,(H,16,20)(H,17,21). The lowest BCUT2D eigenvalue weighted by molar-refractivity contribution is 0.0935. The van der Waals surface area contributed by atoms with Gasteiger partial charge in [0.25, 0.3) is 11.8 Å². The fourth-order valence-corrected chi connectivity index (χ4v) is 2.62. The molecule has 112 valence electrons. The van der Waals surface area contributed by atoms with Crippen molar-refractivity contribution in [3.8, 4) is 0 Å². The first-order valence-corrected chi connectivity index (χ1v) is 7.50. The molecule has 6 heteroatoms. The van der Waals surface area contributed by atoms with Gasteiger partial charge in [-0.3, -0.25) is 9.59 Å². The second-order valence-corrected chi connectivity index (χ2v) is 5.59. The van der Waals surface area contributed by atoms with E-state index >= 15 is 0 Å². The maximum atomic E-state index is 12.3. The smallest absolute Gasteiger partial charge is 0.287 e. The maximum Gasteiger partial charge on any atom is 0.287 e. The number of amides is 2. The molecule has 1 aromatic heterocycles. The van der Waals surface area contributed by atoms with Gasteiger partial charge in [0.05, 0.1) is 5.69 Å². The molecule has 0 spiro atoms. The molecule has 1 aliphatic heterocycles. The molecule has 1 fully saturated rings. The van der Waals surface area contributed by atoms with Gasteiger partial charge in [-0.25, -0.2) is 4.98 Å². The Morgan fingerprint density at radius 3 is 2.86 bits per heavy atom. The first kappa shape index (κ1) is 13.9. The van der Waals surface area contributed by atoms with Crippen LogP contribution in [0.5, 0.6) is 0 Å². The number of fused-ring (bicyclic) bond motifs is 1. The van der Waals surface area contributed by atoms with Gasteiger partial charge in [-0.1, -0.05) is 6.08 Å². The zero-order valence-electron chi connectivity index (χ0n) is 12.0. The van der Waals surface area contributed by atoms with Gasteiger partial charge in [-0.05, 0) is 32.1 Å². The number of carbonyl (C=O) groups excluding carboxylic acids is 2. The van der Waals surface area contributed by atoms with Gasteiger partial charge in [0.2, 0.25) is 0 Å². The van der Waals surface area contributed by atoms with Crippen molar-refractivity contribution in [2.75, 3.05) is 6.54 Å². The van der Waals surface area contributed by atoms with Gasteiger partial charge in [0.1, 0.15) is 5.69 Å². The minimum Gasteiger partial charge on any atom is -0.347 e. The van der Waals surface area contributed by atoms with Crippen molar-refractivity contribution in [2.24, 2.45) is 0 Å². The summed E-state index contributed by atoms with van der Waals surface area (Å²) in [5.41, 5.74) is 1.27. The zero-order valence-corrected chi connectivity index (χ0v) is 12.0. The van der Waals surface area contributed by atoms with Gasteiger partial charge >= 0.3 is 0 Å². The summed E-state index contributed by atoms with van der Waals surface area (Å²) < 4.78 is 1.91. The van der Waals surface area contributed by atoms with Crippen molar-refractivity contribution in [1.82, 2.24) is 20.2 Å². The summed E-state index contributed by atoms with van der Waals surface area (Å²) in [5.74, 6) is -0.0187. The van der Waals surface area contributed by atoms with Crippen molar-refractivity contribution in [3.05, 3.63) is 29.9 Å². The van der Waals surface area contributed by atoms with Crippen LogP contribution < -0.4 is 10.6 Å². The number of aromatic nitrogens is 2. The lowest BCUT2D eigenvalue weighted by Crippen LogP contribution is -2.29. The Hall–Kier alpha value is -2.11. The minimum atomic E-state index is -0.231. The van der Waals surface area contributed by atoms with Crippen LogP contribution in [0, 0.1) is 0 Å². The van der Waals surface area contributed by atoms with Crippen LogP contribution in [0.4, 0.5) is 0 Å². The third kappa shape index (κ3) is 2.84. The van der Waals surface area contributed by atoms with Crippen molar-refractivity contribution >= 4 is 11.8 Å². The van der Waals surface area contributed by atoms with E-state index in [9.17, 15) is 9.59 Å². The van der Waals surface area contributed by atoms with Gasteiger partial charge < -0.3 is 15.2 Å². The van der Waals surface area contributed by atoms with Crippen LogP contribution in [0.1, 0.15) is 52.5 Å². The fourth-order valence-electron chi connectivity index (χ4n) is 2.62. The summed E-state index contributed by atoms with van der Waals surface area (Å²) in [4.78, 5) is 28.8. The van der Waals surface area contributed by atoms with E-state index in [4.69, 9.17) is 0 Å². The molecule has 0 unspecified atom stereocenters. The number of hydrogen-bond acceptors (Lipinski definition) is 3.